The van der Waals surface area contributed by atoms with Crippen LogP contribution in [0.15, 0.2) is 18.2 Å². The number of aromatic carboxylic acids is 1. The molecule has 4 nitrogen and oxygen atoms in total. The first kappa shape index (κ1) is 14.6. The highest BCUT2D eigenvalue weighted by molar-refractivity contribution is 5.87. The molecule has 18 heavy (non-hydrogen) atoms. The summed E-state index contributed by atoms with van der Waals surface area (Å²) in [5.74, 6) is -1.40. The number of carbonyl (C=O) groups is 1. The number of likely N-dealkylation sites (N-methyl/N-ethyl adjacent to an activating group) is 2. The largest absolute Gasteiger partial charge is 0.478 e. The molecule has 5 heteroatoms. The van der Waals surface area contributed by atoms with Crippen molar-refractivity contribution in [2.75, 3.05) is 34.2 Å². The lowest BCUT2D eigenvalue weighted by atomic mass is 10.1. The number of benzene rings is 1. The fourth-order valence-corrected chi connectivity index (χ4v) is 1.57. The lowest BCUT2D eigenvalue weighted by Gasteiger charge is -2.19. The molecule has 0 bridgehead atoms. The Balaban J connectivity index is 2.71. The molecule has 0 aromatic heterocycles. The van der Waals surface area contributed by atoms with Gasteiger partial charge in [0.25, 0.3) is 0 Å². The Morgan fingerprint density at radius 2 is 1.94 bits per heavy atom. The van der Waals surface area contributed by atoms with E-state index >= 15 is 0 Å². The van der Waals surface area contributed by atoms with Gasteiger partial charge in [0, 0.05) is 25.2 Å². The predicted molar refractivity (Wildman–Crippen MR) is 68.2 cm³/mol. The molecule has 0 aliphatic heterocycles. The molecule has 100 valence electrons. The normalized spacial score (nSPS) is 11.2. The molecule has 1 N–H and O–H groups in total. The van der Waals surface area contributed by atoms with Crippen LogP contribution >= 0.6 is 0 Å². The Morgan fingerprint density at radius 3 is 2.50 bits per heavy atom. The number of carboxylic acid groups (broad SMARTS) is 1. The first-order valence-corrected chi connectivity index (χ1v) is 5.75. The summed E-state index contributed by atoms with van der Waals surface area (Å²) in [6, 6.07) is 3.88. The zero-order valence-corrected chi connectivity index (χ0v) is 11.0. The van der Waals surface area contributed by atoms with Gasteiger partial charge in [-0.1, -0.05) is 0 Å². The van der Waals surface area contributed by atoms with Crippen molar-refractivity contribution in [3.8, 4) is 0 Å². The van der Waals surface area contributed by atoms with Gasteiger partial charge in [-0.2, -0.15) is 0 Å². The summed E-state index contributed by atoms with van der Waals surface area (Å²) in [5, 5.41) is 8.87. The second kappa shape index (κ2) is 6.47. The molecule has 0 radical (unpaired) electrons. The number of hydrogen-bond donors (Lipinski definition) is 1. The van der Waals surface area contributed by atoms with E-state index in [1.807, 2.05) is 30.9 Å². The third-order valence-corrected chi connectivity index (χ3v) is 2.66. The molecular formula is C13H19FN2O2. The molecule has 0 aliphatic rings. The van der Waals surface area contributed by atoms with Crippen LogP contribution in [0.4, 0.5) is 4.39 Å². The molecule has 0 saturated carbocycles. The zero-order chi connectivity index (χ0) is 13.7. The van der Waals surface area contributed by atoms with Crippen LogP contribution in [-0.2, 0) is 6.54 Å². The molecule has 0 aliphatic carbocycles. The van der Waals surface area contributed by atoms with Gasteiger partial charge in [-0.25, -0.2) is 9.18 Å². The predicted octanol–water partition coefficient (Wildman–Crippen LogP) is 1.52. The fourth-order valence-electron chi connectivity index (χ4n) is 1.57. The number of halogens is 1. The first-order chi connectivity index (χ1) is 8.40. The monoisotopic (exact) mass is 254 g/mol. The molecule has 0 unspecified atom stereocenters. The third-order valence-electron chi connectivity index (χ3n) is 2.66. The van der Waals surface area contributed by atoms with Crippen LogP contribution < -0.4 is 0 Å². The Labute approximate surface area is 107 Å². The average Bonchev–Trinajstić information content (AvgIpc) is 2.29. The maximum absolute atomic E-state index is 13.6. The van der Waals surface area contributed by atoms with Gasteiger partial charge in [0.05, 0.1) is 5.56 Å². The van der Waals surface area contributed by atoms with Gasteiger partial charge in [-0.05, 0) is 39.3 Å². The summed E-state index contributed by atoms with van der Waals surface area (Å²) < 4.78 is 13.6. The topological polar surface area (TPSA) is 43.8 Å². The van der Waals surface area contributed by atoms with Crippen molar-refractivity contribution in [3.63, 3.8) is 0 Å². The molecule has 1 aromatic carbocycles. The van der Waals surface area contributed by atoms with E-state index in [1.165, 1.54) is 18.2 Å². The molecule has 0 saturated heterocycles. The van der Waals surface area contributed by atoms with E-state index in [0.717, 1.165) is 13.1 Å². The molecule has 0 fully saturated rings. The van der Waals surface area contributed by atoms with Crippen LogP contribution in [0.1, 0.15) is 15.9 Å². The van der Waals surface area contributed by atoms with Gasteiger partial charge in [-0.3, -0.25) is 0 Å². The molecule has 0 spiro atoms. The minimum atomic E-state index is -1.04. The van der Waals surface area contributed by atoms with E-state index in [9.17, 15) is 9.18 Å². The van der Waals surface area contributed by atoms with Crippen molar-refractivity contribution in [1.29, 1.82) is 0 Å². The number of hydrogen-bond acceptors (Lipinski definition) is 3. The smallest absolute Gasteiger partial charge is 0.335 e. The SMILES string of the molecule is CN(C)CCN(C)Cc1cc(C(=O)O)ccc1F. The van der Waals surface area contributed by atoms with E-state index < -0.39 is 5.97 Å². The summed E-state index contributed by atoms with van der Waals surface area (Å²) >= 11 is 0. The summed E-state index contributed by atoms with van der Waals surface area (Å²) in [5.41, 5.74) is 0.531. The van der Waals surface area contributed by atoms with Gasteiger partial charge in [0.15, 0.2) is 0 Å². The van der Waals surface area contributed by atoms with Crippen molar-refractivity contribution in [2.45, 2.75) is 6.54 Å². The van der Waals surface area contributed by atoms with Crippen molar-refractivity contribution < 1.29 is 14.3 Å². The van der Waals surface area contributed by atoms with E-state index in [-0.39, 0.29) is 11.4 Å². The van der Waals surface area contributed by atoms with Crippen LogP contribution in [-0.4, -0.2) is 55.1 Å². The van der Waals surface area contributed by atoms with Crippen LogP contribution in [0.5, 0.6) is 0 Å². The fraction of sp³-hybridized carbons (Fsp3) is 0.462. The lowest BCUT2D eigenvalue weighted by Crippen LogP contribution is -2.28. The van der Waals surface area contributed by atoms with E-state index in [4.69, 9.17) is 5.11 Å². The van der Waals surface area contributed by atoms with Crippen molar-refractivity contribution in [1.82, 2.24) is 9.80 Å². The van der Waals surface area contributed by atoms with Gasteiger partial charge in [0.1, 0.15) is 5.82 Å². The minimum absolute atomic E-state index is 0.118. The summed E-state index contributed by atoms with van der Waals surface area (Å²) in [4.78, 5) is 14.8. The molecule has 1 rings (SSSR count). The van der Waals surface area contributed by atoms with Crippen molar-refractivity contribution in [3.05, 3.63) is 35.1 Å². The lowest BCUT2D eigenvalue weighted by molar-refractivity contribution is 0.0696. The quantitative estimate of drug-likeness (QED) is 0.836. The summed E-state index contributed by atoms with van der Waals surface area (Å²) in [6.45, 7) is 2.07. The van der Waals surface area contributed by atoms with Crippen LogP contribution in [0, 0.1) is 5.82 Å². The molecule has 0 amide bonds. The standard InChI is InChI=1S/C13H19FN2O2/c1-15(2)6-7-16(3)9-11-8-10(13(17)18)4-5-12(11)14/h4-5,8H,6-7,9H2,1-3H3,(H,17,18). The van der Waals surface area contributed by atoms with E-state index in [1.54, 1.807) is 0 Å². The Bertz CT molecular complexity index is 421. The van der Waals surface area contributed by atoms with Crippen molar-refractivity contribution in [2.24, 2.45) is 0 Å². The van der Waals surface area contributed by atoms with Gasteiger partial charge in [-0.15, -0.1) is 0 Å². The second-order valence-electron chi connectivity index (χ2n) is 4.65. The van der Waals surface area contributed by atoms with Crippen molar-refractivity contribution >= 4 is 5.97 Å². The minimum Gasteiger partial charge on any atom is -0.478 e. The number of nitrogens with zero attached hydrogens (tertiary/aromatic N) is 2. The highest BCUT2D eigenvalue weighted by Crippen LogP contribution is 2.12. The molecule has 0 atom stereocenters. The average molecular weight is 254 g/mol. The molecular weight excluding hydrogens is 235 g/mol. The Morgan fingerprint density at radius 1 is 1.28 bits per heavy atom. The van der Waals surface area contributed by atoms with Gasteiger partial charge in [0.2, 0.25) is 0 Å². The van der Waals surface area contributed by atoms with Crippen LogP contribution in [0.3, 0.4) is 0 Å². The van der Waals surface area contributed by atoms with Gasteiger partial charge < -0.3 is 14.9 Å². The van der Waals surface area contributed by atoms with E-state index in [2.05, 4.69) is 0 Å². The highest BCUT2D eigenvalue weighted by Gasteiger charge is 2.10. The van der Waals surface area contributed by atoms with Gasteiger partial charge >= 0.3 is 5.97 Å². The molecule has 1 aromatic rings. The Hall–Kier alpha value is -1.46. The maximum Gasteiger partial charge on any atom is 0.335 e. The number of rotatable bonds is 6. The van der Waals surface area contributed by atoms with E-state index in [0.29, 0.717) is 12.1 Å². The highest BCUT2D eigenvalue weighted by atomic mass is 19.1. The second-order valence-corrected chi connectivity index (χ2v) is 4.65. The first-order valence-electron chi connectivity index (χ1n) is 5.75. The van der Waals surface area contributed by atoms with Crippen LogP contribution in [0.2, 0.25) is 0 Å². The number of carboxylic acids is 1. The zero-order valence-electron chi connectivity index (χ0n) is 11.0. The Kier molecular flexibility index (Phi) is 5.25. The van der Waals surface area contributed by atoms with Crippen LogP contribution in [0.25, 0.3) is 0 Å². The third kappa shape index (κ3) is 4.43. The summed E-state index contributed by atoms with van der Waals surface area (Å²) in [7, 11) is 5.83. The summed E-state index contributed by atoms with van der Waals surface area (Å²) in [6.07, 6.45) is 0. The molecule has 0 heterocycles. The maximum atomic E-state index is 13.6.